The van der Waals surface area contributed by atoms with E-state index in [1.54, 1.807) is 18.2 Å². The van der Waals surface area contributed by atoms with Crippen LogP contribution >= 0.6 is 0 Å². The number of rotatable bonds is 9. The van der Waals surface area contributed by atoms with Crippen molar-refractivity contribution in [2.75, 3.05) is 0 Å². The Hall–Kier alpha value is -1.30. The van der Waals surface area contributed by atoms with Crippen LogP contribution in [0.15, 0.2) is 42.1 Å². The van der Waals surface area contributed by atoms with Crippen LogP contribution in [-0.2, 0) is 0 Å². The van der Waals surface area contributed by atoms with Crippen LogP contribution in [0.25, 0.3) is 5.41 Å². The second kappa shape index (κ2) is 11.3. The Kier molecular flexibility index (Phi) is 10.6. The summed E-state index contributed by atoms with van der Waals surface area (Å²) >= 11 is 0. The standard InChI is InChI=1S/C18H25N2O.Li/c1-4-5-11-16(19)12-17(20-14(2)3)13-18(21)15-9-7-6-8-10-15;/h6-10,13-14,20H,4-5,11-12H2,1-3H3;/q-1;+1/b17-13-;. The minimum Gasteiger partial charge on any atom is -0.811 e. The Morgan fingerprint density at radius 2 is 1.91 bits per heavy atom. The van der Waals surface area contributed by atoms with Gasteiger partial charge in [-0.15, -0.1) is 0 Å². The molecule has 22 heavy (non-hydrogen) atoms. The Bertz CT molecular complexity index is 495. The van der Waals surface area contributed by atoms with Crippen LogP contribution in [0.5, 0.6) is 0 Å². The maximum atomic E-state index is 12.2. The van der Waals surface area contributed by atoms with Crippen molar-refractivity contribution in [3.8, 4) is 0 Å². The topological polar surface area (TPSA) is 51.4 Å². The van der Waals surface area contributed by atoms with E-state index in [2.05, 4.69) is 12.2 Å². The Morgan fingerprint density at radius 1 is 1.27 bits per heavy atom. The Balaban J connectivity index is 0.00000441. The quantitative estimate of drug-likeness (QED) is 0.323. The number of hydrogen-bond donors (Lipinski definition) is 1. The van der Waals surface area contributed by atoms with E-state index in [-0.39, 0.29) is 30.7 Å². The fraction of sp³-hybridized carbons (Fsp3) is 0.444. The molecule has 3 nitrogen and oxygen atoms in total. The molecule has 0 unspecified atom stereocenters. The molecule has 0 aliphatic rings. The van der Waals surface area contributed by atoms with Crippen molar-refractivity contribution in [3.05, 3.63) is 53.1 Å². The molecule has 1 rings (SSSR count). The molecule has 0 aliphatic heterocycles. The Morgan fingerprint density at radius 3 is 2.45 bits per heavy atom. The van der Waals surface area contributed by atoms with Crippen molar-refractivity contribution < 1.29 is 23.7 Å². The second-order valence-corrected chi connectivity index (χ2v) is 5.55. The molecule has 0 atom stereocenters. The number of carbonyl (C=O) groups excluding carboxylic acids is 1. The van der Waals surface area contributed by atoms with Gasteiger partial charge in [-0.2, -0.15) is 5.71 Å². The van der Waals surface area contributed by atoms with Gasteiger partial charge in [0, 0.05) is 23.4 Å². The summed E-state index contributed by atoms with van der Waals surface area (Å²) < 4.78 is 0. The summed E-state index contributed by atoms with van der Waals surface area (Å²) in [7, 11) is 0. The van der Waals surface area contributed by atoms with Gasteiger partial charge in [0.2, 0.25) is 0 Å². The summed E-state index contributed by atoms with van der Waals surface area (Å²) in [4.78, 5) is 12.2. The largest absolute Gasteiger partial charge is 1.00 e. The normalized spacial score (nSPS) is 11.0. The van der Waals surface area contributed by atoms with Gasteiger partial charge in [-0.05, 0) is 20.3 Å². The van der Waals surface area contributed by atoms with Crippen molar-refractivity contribution in [1.82, 2.24) is 5.32 Å². The van der Waals surface area contributed by atoms with Crippen LogP contribution < -0.4 is 24.2 Å². The molecule has 0 heterocycles. The minimum atomic E-state index is -0.0398. The van der Waals surface area contributed by atoms with E-state index in [4.69, 9.17) is 0 Å². The van der Waals surface area contributed by atoms with Crippen LogP contribution in [-0.4, -0.2) is 17.5 Å². The van der Waals surface area contributed by atoms with Gasteiger partial charge < -0.3 is 10.7 Å². The fourth-order valence-corrected chi connectivity index (χ4v) is 2.05. The molecule has 0 bridgehead atoms. The first-order valence-electron chi connectivity index (χ1n) is 7.63. The molecule has 0 aromatic heterocycles. The molecule has 0 amide bonds. The van der Waals surface area contributed by atoms with Crippen molar-refractivity contribution in [1.29, 1.82) is 0 Å². The molecule has 0 aliphatic carbocycles. The third kappa shape index (κ3) is 8.22. The van der Waals surface area contributed by atoms with E-state index >= 15 is 0 Å². The van der Waals surface area contributed by atoms with Crippen molar-refractivity contribution >= 4 is 11.5 Å². The number of carbonyl (C=O) groups is 1. The monoisotopic (exact) mass is 292 g/mol. The summed E-state index contributed by atoms with van der Waals surface area (Å²) in [6.45, 7) is 6.13. The molecule has 0 fully saturated rings. The smallest absolute Gasteiger partial charge is 0.811 e. The number of unbranched alkanes of at least 4 members (excludes halogenated alkanes) is 1. The Labute approximate surface area is 146 Å². The maximum Gasteiger partial charge on any atom is 1.00 e. The average Bonchev–Trinajstić information content (AvgIpc) is 2.45. The van der Waals surface area contributed by atoms with E-state index in [0.29, 0.717) is 24.1 Å². The molecule has 0 spiro atoms. The molecule has 0 saturated carbocycles. The van der Waals surface area contributed by atoms with Gasteiger partial charge in [0.1, 0.15) is 0 Å². The molecular weight excluding hydrogens is 267 g/mol. The summed E-state index contributed by atoms with van der Waals surface area (Å²) in [6.07, 6.45) is 4.71. The fourth-order valence-electron chi connectivity index (χ4n) is 2.05. The first-order chi connectivity index (χ1) is 10.0. The van der Waals surface area contributed by atoms with E-state index in [0.717, 1.165) is 18.5 Å². The van der Waals surface area contributed by atoms with E-state index < -0.39 is 0 Å². The zero-order chi connectivity index (χ0) is 15.7. The van der Waals surface area contributed by atoms with Crippen molar-refractivity contribution in [2.24, 2.45) is 0 Å². The van der Waals surface area contributed by atoms with Gasteiger partial charge in [-0.3, -0.25) is 4.79 Å². The van der Waals surface area contributed by atoms with Gasteiger partial charge in [0.15, 0.2) is 5.78 Å². The van der Waals surface area contributed by atoms with Crippen LogP contribution in [0.1, 0.15) is 56.8 Å². The first kappa shape index (κ1) is 20.7. The van der Waals surface area contributed by atoms with Crippen LogP contribution in [0.3, 0.4) is 0 Å². The molecule has 4 heteroatoms. The SMILES string of the molecule is CCCCC(=[N-])C/C(=C/C(=O)c1ccccc1)NC(C)C.[Li+]. The predicted molar refractivity (Wildman–Crippen MR) is 89.6 cm³/mol. The van der Waals surface area contributed by atoms with Crippen LogP contribution in [0.2, 0.25) is 0 Å². The number of hydrogen-bond acceptors (Lipinski definition) is 2. The first-order valence-corrected chi connectivity index (χ1v) is 7.63. The zero-order valence-corrected chi connectivity index (χ0v) is 14.2. The number of nitrogens with zero attached hydrogens (tertiary/aromatic N) is 1. The van der Waals surface area contributed by atoms with Crippen LogP contribution in [0, 0.1) is 0 Å². The molecule has 1 aromatic rings. The molecule has 114 valence electrons. The molecule has 0 saturated heterocycles. The van der Waals surface area contributed by atoms with Crippen molar-refractivity contribution in [3.63, 3.8) is 0 Å². The van der Waals surface area contributed by atoms with Gasteiger partial charge in [0.25, 0.3) is 0 Å². The summed E-state index contributed by atoms with van der Waals surface area (Å²) in [5.41, 5.74) is 1.86. The summed E-state index contributed by atoms with van der Waals surface area (Å²) in [5, 5.41) is 13.2. The van der Waals surface area contributed by atoms with Crippen LogP contribution in [0.4, 0.5) is 0 Å². The van der Waals surface area contributed by atoms with E-state index in [9.17, 15) is 10.2 Å². The minimum absolute atomic E-state index is 0. The number of allylic oxidation sites excluding steroid dienone is 2. The second-order valence-electron chi connectivity index (χ2n) is 5.55. The third-order valence-corrected chi connectivity index (χ3v) is 3.05. The number of nitrogens with one attached hydrogen (secondary N) is 1. The summed E-state index contributed by atoms with van der Waals surface area (Å²) in [6, 6.07) is 9.40. The third-order valence-electron chi connectivity index (χ3n) is 3.05. The van der Waals surface area contributed by atoms with Gasteiger partial charge in [-0.25, -0.2) is 0 Å². The average molecular weight is 292 g/mol. The molecule has 1 aromatic carbocycles. The number of benzene rings is 1. The van der Waals surface area contributed by atoms with E-state index in [1.807, 2.05) is 32.0 Å². The predicted octanol–water partition coefficient (Wildman–Crippen LogP) is 1.35. The molecule has 0 radical (unpaired) electrons. The molecular formula is C18H25LiN2O. The van der Waals surface area contributed by atoms with Gasteiger partial charge in [-0.1, -0.05) is 56.5 Å². The molecule has 1 N–H and O–H groups in total. The zero-order valence-electron chi connectivity index (χ0n) is 14.2. The van der Waals surface area contributed by atoms with Gasteiger partial charge >= 0.3 is 18.9 Å². The summed E-state index contributed by atoms with van der Waals surface area (Å²) in [5.74, 6) is -0.0398. The van der Waals surface area contributed by atoms with Crippen molar-refractivity contribution in [2.45, 2.75) is 52.5 Å². The van der Waals surface area contributed by atoms with Gasteiger partial charge in [0.05, 0.1) is 0 Å². The maximum absolute atomic E-state index is 12.2. The number of ketones is 1. The van der Waals surface area contributed by atoms with E-state index in [1.165, 1.54) is 0 Å².